The van der Waals surface area contributed by atoms with Crippen molar-refractivity contribution in [1.29, 1.82) is 0 Å². The Bertz CT molecular complexity index is 908. The van der Waals surface area contributed by atoms with Crippen LogP contribution in [0.5, 0.6) is 11.5 Å². The quantitative estimate of drug-likeness (QED) is 0.332. The fourth-order valence-electron chi connectivity index (χ4n) is 2.98. The van der Waals surface area contributed by atoms with Crippen LogP contribution in [0.4, 0.5) is 0 Å². The molecule has 0 aliphatic rings. The zero-order valence-electron chi connectivity index (χ0n) is 17.2. The highest BCUT2D eigenvalue weighted by molar-refractivity contribution is 7.98. The predicted octanol–water partition coefficient (Wildman–Crippen LogP) is 5.19. The molecule has 5 heteroatoms. The maximum absolute atomic E-state index is 12.1. The van der Waals surface area contributed by atoms with Crippen LogP contribution in [0.15, 0.2) is 83.8 Å². The lowest BCUT2D eigenvalue weighted by Gasteiger charge is -2.17. The highest BCUT2D eigenvalue weighted by Gasteiger charge is 2.21. The Morgan fingerprint density at radius 2 is 1.53 bits per heavy atom. The third-order valence-corrected chi connectivity index (χ3v) is 5.39. The molecule has 0 saturated carbocycles. The molecule has 0 aromatic heterocycles. The molecule has 4 nitrogen and oxygen atoms in total. The van der Waals surface area contributed by atoms with Crippen LogP contribution < -0.4 is 9.47 Å². The third kappa shape index (κ3) is 6.56. The molecule has 3 aromatic carbocycles. The fraction of sp³-hybridized carbons (Fsp3) is 0.240. The van der Waals surface area contributed by atoms with E-state index in [4.69, 9.17) is 14.2 Å². The molecule has 156 valence electrons. The van der Waals surface area contributed by atoms with Gasteiger partial charge in [-0.05, 0) is 53.8 Å². The number of benzene rings is 3. The summed E-state index contributed by atoms with van der Waals surface area (Å²) in [6, 6.07) is 25.6. The Labute approximate surface area is 182 Å². The minimum Gasteiger partial charge on any atom is -0.493 e. The Morgan fingerprint density at radius 1 is 0.867 bits per heavy atom. The summed E-state index contributed by atoms with van der Waals surface area (Å²) in [7, 11) is 1.37. The molecule has 0 amide bonds. The van der Waals surface area contributed by atoms with E-state index in [9.17, 15) is 4.79 Å². The molecule has 0 N–H and O–H groups in total. The highest BCUT2D eigenvalue weighted by atomic mass is 32.2. The number of carbonyl (C=O) groups excluding carboxylic acids is 1. The maximum Gasteiger partial charge on any atom is 0.347 e. The smallest absolute Gasteiger partial charge is 0.347 e. The summed E-state index contributed by atoms with van der Waals surface area (Å²) in [6.45, 7) is 0.611. The van der Waals surface area contributed by atoms with Gasteiger partial charge in [0.1, 0.15) is 11.5 Å². The van der Waals surface area contributed by atoms with Gasteiger partial charge in [0.25, 0.3) is 0 Å². The number of hydrogen-bond donors (Lipinski definition) is 0. The molecular formula is C25H26O4S. The molecule has 0 aliphatic heterocycles. The van der Waals surface area contributed by atoms with Gasteiger partial charge in [-0.3, -0.25) is 0 Å². The Balaban J connectivity index is 1.53. The fourth-order valence-corrected chi connectivity index (χ4v) is 3.39. The molecule has 1 atom stereocenters. The molecule has 0 radical (unpaired) electrons. The lowest BCUT2D eigenvalue weighted by Crippen LogP contribution is -2.30. The molecule has 30 heavy (non-hydrogen) atoms. The van der Waals surface area contributed by atoms with Gasteiger partial charge in [-0.1, -0.05) is 42.5 Å². The minimum absolute atomic E-state index is 0.397. The predicted molar refractivity (Wildman–Crippen MR) is 120 cm³/mol. The molecule has 1 unspecified atom stereocenters. The van der Waals surface area contributed by atoms with Crippen LogP contribution in [0, 0.1) is 0 Å². The number of esters is 1. The summed E-state index contributed by atoms with van der Waals surface area (Å²) in [6.07, 6.45) is 2.65. The summed E-state index contributed by atoms with van der Waals surface area (Å²) in [5.74, 6) is 1.04. The second-order valence-electron chi connectivity index (χ2n) is 6.74. The van der Waals surface area contributed by atoms with Crippen LogP contribution in [-0.2, 0) is 22.4 Å². The summed E-state index contributed by atoms with van der Waals surface area (Å²) in [4.78, 5) is 13.4. The van der Waals surface area contributed by atoms with E-state index in [2.05, 4.69) is 30.5 Å². The van der Waals surface area contributed by atoms with Crippen LogP contribution >= 0.6 is 11.8 Å². The number of methoxy groups -OCH3 is 1. The first-order valence-electron chi connectivity index (χ1n) is 9.82. The van der Waals surface area contributed by atoms with Crippen LogP contribution in [0.2, 0.25) is 0 Å². The number of hydrogen-bond acceptors (Lipinski definition) is 5. The van der Waals surface area contributed by atoms with E-state index < -0.39 is 12.1 Å². The van der Waals surface area contributed by atoms with Crippen LogP contribution in [0.1, 0.15) is 11.1 Å². The first-order valence-corrected chi connectivity index (χ1v) is 11.0. The van der Waals surface area contributed by atoms with E-state index in [1.54, 1.807) is 11.8 Å². The van der Waals surface area contributed by atoms with Gasteiger partial charge < -0.3 is 14.2 Å². The van der Waals surface area contributed by atoms with E-state index in [0.29, 0.717) is 18.8 Å². The molecule has 3 rings (SSSR count). The first kappa shape index (κ1) is 21.8. The van der Waals surface area contributed by atoms with Crippen molar-refractivity contribution < 1.29 is 19.0 Å². The van der Waals surface area contributed by atoms with E-state index in [1.807, 2.05) is 54.6 Å². The van der Waals surface area contributed by atoms with Gasteiger partial charge in [0.2, 0.25) is 0 Å². The monoisotopic (exact) mass is 422 g/mol. The Kier molecular flexibility index (Phi) is 8.21. The second-order valence-corrected chi connectivity index (χ2v) is 7.62. The van der Waals surface area contributed by atoms with E-state index in [1.165, 1.54) is 17.6 Å². The van der Waals surface area contributed by atoms with Gasteiger partial charge in [0, 0.05) is 17.7 Å². The zero-order valence-corrected chi connectivity index (χ0v) is 18.1. The average Bonchev–Trinajstić information content (AvgIpc) is 2.80. The van der Waals surface area contributed by atoms with Crippen LogP contribution in [0.25, 0.3) is 0 Å². The van der Waals surface area contributed by atoms with Crippen LogP contribution in [-0.4, -0.2) is 32.0 Å². The number of para-hydroxylation sites is 1. The van der Waals surface area contributed by atoms with Gasteiger partial charge in [0.15, 0.2) is 6.10 Å². The van der Waals surface area contributed by atoms with E-state index in [0.717, 1.165) is 17.7 Å². The molecule has 0 spiro atoms. The first-order chi connectivity index (χ1) is 14.7. The standard InChI is InChI=1S/C25H26O4S/c1-27-25(26)24(29-22-6-4-3-5-7-22)18-20-8-12-21(13-9-20)28-17-16-19-10-14-23(30-2)15-11-19/h3-15,24H,16-18H2,1-2H3. The summed E-state index contributed by atoms with van der Waals surface area (Å²) in [5.41, 5.74) is 2.23. The van der Waals surface area contributed by atoms with Gasteiger partial charge in [0.05, 0.1) is 13.7 Å². The van der Waals surface area contributed by atoms with Gasteiger partial charge in [-0.2, -0.15) is 0 Å². The SMILES string of the molecule is COC(=O)C(Cc1ccc(OCCc2ccc(SC)cc2)cc1)Oc1ccccc1. The van der Waals surface area contributed by atoms with Crippen molar-refractivity contribution in [2.45, 2.75) is 23.8 Å². The van der Waals surface area contributed by atoms with Gasteiger partial charge in [-0.15, -0.1) is 11.8 Å². The molecule has 0 fully saturated rings. The van der Waals surface area contributed by atoms with E-state index >= 15 is 0 Å². The Morgan fingerprint density at radius 3 is 2.17 bits per heavy atom. The number of ether oxygens (including phenoxy) is 3. The number of thioether (sulfide) groups is 1. The van der Waals surface area contributed by atoms with Crippen molar-refractivity contribution in [3.05, 3.63) is 90.0 Å². The van der Waals surface area contributed by atoms with Crippen molar-refractivity contribution >= 4 is 17.7 Å². The van der Waals surface area contributed by atoms with Crippen LogP contribution in [0.3, 0.4) is 0 Å². The topological polar surface area (TPSA) is 44.8 Å². The molecule has 0 bridgehead atoms. The number of rotatable bonds is 10. The molecule has 0 aliphatic carbocycles. The largest absolute Gasteiger partial charge is 0.493 e. The van der Waals surface area contributed by atoms with E-state index in [-0.39, 0.29) is 0 Å². The van der Waals surface area contributed by atoms with Crippen molar-refractivity contribution in [3.63, 3.8) is 0 Å². The molecule has 0 heterocycles. The van der Waals surface area contributed by atoms with Crippen molar-refractivity contribution in [3.8, 4) is 11.5 Å². The summed E-state index contributed by atoms with van der Waals surface area (Å²) < 4.78 is 16.6. The van der Waals surface area contributed by atoms with Gasteiger partial charge >= 0.3 is 5.97 Å². The highest BCUT2D eigenvalue weighted by Crippen LogP contribution is 2.19. The maximum atomic E-state index is 12.1. The second kappa shape index (κ2) is 11.3. The molecular weight excluding hydrogens is 396 g/mol. The Hall–Kier alpha value is -2.92. The van der Waals surface area contributed by atoms with Gasteiger partial charge in [-0.25, -0.2) is 4.79 Å². The lowest BCUT2D eigenvalue weighted by molar-refractivity contribution is -0.148. The van der Waals surface area contributed by atoms with Crippen molar-refractivity contribution in [2.24, 2.45) is 0 Å². The minimum atomic E-state index is -0.701. The van der Waals surface area contributed by atoms with Crippen molar-refractivity contribution in [1.82, 2.24) is 0 Å². The number of carbonyl (C=O) groups is 1. The molecule has 0 saturated heterocycles. The lowest BCUT2D eigenvalue weighted by atomic mass is 10.1. The average molecular weight is 423 g/mol. The summed E-state index contributed by atoms with van der Waals surface area (Å²) >= 11 is 1.74. The summed E-state index contributed by atoms with van der Waals surface area (Å²) in [5, 5.41) is 0. The molecule has 3 aromatic rings. The third-order valence-electron chi connectivity index (χ3n) is 4.65. The normalized spacial score (nSPS) is 11.5. The van der Waals surface area contributed by atoms with Crippen molar-refractivity contribution in [2.75, 3.05) is 20.0 Å². The zero-order chi connectivity index (χ0) is 21.2.